The summed E-state index contributed by atoms with van der Waals surface area (Å²) in [5, 5.41) is 3.14. The van der Waals surface area contributed by atoms with Crippen molar-refractivity contribution in [1.29, 1.82) is 0 Å². The lowest BCUT2D eigenvalue weighted by atomic mass is 9.85. The van der Waals surface area contributed by atoms with Gasteiger partial charge in [-0.2, -0.15) is 0 Å². The number of carbonyl (C=O) groups is 1. The van der Waals surface area contributed by atoms with Gasteiger partial charge in [-0.15, -0.1) is 0 Å². The number of nitrogens with one attached hydrogen (secondary N) is 1. The van der Waals surface area contributed by atoms with E-state index in [9.17, 15) is 4.79 Å². The molecule has 0 saturated carbocycles. The lowest BCUT2D eigenvalue weighted by molar-refractivity contribution is -0.151. The molecule has 1 N–H and O–H groups in total. The first kappa shape index (κ1) is 16.4. The lowest BCUT2D eigenvalue weighted by Gasteiger charge is -2.33. The summed E-state index contributed by atoms with van der Waals surface area (Å²) in [6.07, 6.45) is 3.66. The van der Waals surface area contributed by atoms with Crippen molar-refractivity contribution in [3.63, 3.8) is 0 Å². The van der Waals surface area contributed by atoms with Crippen molar-refractivity contribution in [3.05, 3.63) is 0 Å². The number of ether oxygens (including phenoxy) is 1. The molecule has 112 valence electrons. The van der Waals surface area contributed by atoms with Gasteiger partial charge in [-0.1, -0.05) is 13.8 Å². The molecular formula is C15H30N2O2. The number of rotatable bonds is 5. The predicted molar refractivity (Wildman–Crippen MR) is 78.2 cm³/mol. The van der Waals surface area contributed by atoms with Crippen molar-refractivity contribution in [3.8, 4) is 0 Å². The van der Waals surface area contributed by atoms with Crippen LogP contribution in [0.1, 0.15) is 47.0 Å². The summed E-state index contributed by atoms with van der Waals surface area (Å²) in [6.45, 7) is 11.7. The van der Waals surface area contributed by atoms with E-state index in [-0.39, 0.29) is 5.97 Å². The molecule has 1 aliphatic rings. The van der Waals surface area contributed by atoms with Gasteiger partial charge in [-0.3, -0.25) is 4.79 Å². The number of hydrogen-bond acceptors (Lipinski definition) is 4. The number of carbonyl (C=O) groups excluding carboxylic acids is 1. The van der Waals surface area contributed by atoms with E-state index in [1.54, 1.807) is 0 Å². The third kappa shape index (κ3) is 4.77. The zero-order valence-corrected chi connectivity index (χ0v) is 13.2. The second-order valence-electron chi connectivity index (χ2n) is 6.60. The first-order valence-corrected chi connectivity index (χ1v) is 7.41. The summed E-state index contributed by atoms with van der Waals surface area (Å²) < 4.78 is 5.18. The van der Waals surface area contributed by atoms with Crippen LogP contribution in [0, 0.1) is 5.41 Å². The van der Waals surface area contributed by atoms with Crippen LogP contribution in [0.25, 0.3) is 0 Å². The second kappa shape index (κ2) is 6.71. The predicted octanol–water partition coefficient (Wildman–Crippen LogP) is 2.04. The Hall–Kier alpha value is -0.610. The highest BCUT2D eigenvalue weighted by molar-refractivity contribution is 5.80. The van der Waals surface area contributed by atoms with Crippen LogP contribution in [0.15, 0.2) is 0 Å². The number of hydrogen-bond donors (Lipinski definition) is 1. The van der Waals surface area contributed by atoms with Crippen LogP contribution in [0.5, 0.6) is 0 Å². The molecule has 1 unspecified atom stereocenters. The molecule has 19 heavy (non-hydrogen) atoms. The van der Waals surface area contributed by atoms with E-state index >= 15 is 0 Å². The van der Waals surface area contributed by atoms with Crippen LogP contribution in [-0.2, 0) is 9.53 Å². The number of likely N-dealkylation sites (tertiary alicyclic amines) is 1. The minimum Gasteiger partial charge on any atom is -0.465 e. The molecule has 4 nitrogen and oxygen atoms in total. The highest BCUT2D eigenvalue weighted by Gasteiger charge is 2.36. The normalized spacial score (nSPS) is 23.4. The van der Waals surface area contributed by atoms with Crippen LogP contribution in [0.3, 0.4) is 0 Å². The van der Waals surface area contributed by atoms with Crippen LogP contribution < -0.4 is 5.32 Å². The standard InChI is InChI=1S/C15H30N2O2/c1-6-19-13(18)15(4,16-5)12-17-10-7-8-14(2,3)9-11-17/h16H,6-12H2,1-5H3. The smallest absolute Gasteiger partial charge is 0.327 e. The summed E-state index contributed by atoms with van der Waals surface area (Å²) in [5.74, 6) is -0.152. The molecule has 0 spiro atoms. The summed E-state index contributed by atoms with van der Waals surface area (Å²) >= 11 is 0. The van der Waals surface area contributed by atoms with E-state index in [2.05, 4.69) is 24.1 Å². The van der Waals surface area contributed by atoms with Gasteiger partial charge in [-0.05, 0) is 58.7 Å². The first-order chi connectivity index (χ1) is 8.83. The fourth-order valence-electron chi connectivity index (χ4n) is 2.62. The molecule has 0 radical (unpaired) electrons. The summed E-state index contributed by atoms with van der Waals surface area (Å²) in [6, 6.07) is 0. The highest BCUT2D eigenvalue weighted by atomic mass is 16.5. The Morgan fingerprint density at radius 2 is 2.05 bits per heavy atom. The molecule has 0 aliphatic carbocycles. The maximum Gasteiger partial charge on any atom is 0.327 e. The Kier molecular flexibility index (Phi) is 5.81. The van der Waals surface area contributed by atoms with Crippen molar-refractivity contribution in [2.45, 2.75) is 52.5 Å². The topological polar surface area (TPSA) is 41.6 Å². The number of nitrogens with zero attached hydrogens (tertiary/aromatic N) is 1. The lowest BCUT2D eigenvalue weighted by Crippen LogP contribution is -2.56. The molecule has 4 heteroatoms. The van der Waals surface area contributed by atoms with Gasteiger partial charge in [0.15, 0.2) is 0 Å². The molecule has 0 bridgehead atoms. The van der Waals surface area contributed by atoms with Gasteiger partial charge in [0.25, 0.3) is 0 Å². The van der Waals surface area contributed by atoms with Crippen LogP contribution >= 0.6 is 0 Å². The van der Waals surface area contributed by atoms with Gasteiger partial charge >= 0.3 is 5.97 Å². The van der Waals surface area contributed by atoms with Crippen molar-refractivity contribution < 1.29 is 9.53 Å². The third-order valence-electron chi connectivity index (χ3n) is 4.25. The van der Waals surface area contributed by atoms with Gasteiger partial charge < -0.3 is 15.0 Å². The molecule has 1 saturated heterocycles. The maximum absolute atomic E-state index is 12.1. The fourth-order valence-corrected chi connectivity index (χ4v) is 2.62. The molecule has 0 aromatic rings. The quantitative estimate of drug-likeness (QED) is 0.776. The van der Waals surface area contributed by atoms with Gasteiger partial charge in [0.05, 0.1) is 6.61 Å². The number of esters is 1. The number of likely N-dealkylation sites (N-methyl/N-ethyl adjacent to an activating group) is 1. The van der Waals surface area contributed by atoms with E-state index in [0.717, 1.165) is 19.6 Å². The van der Waals surface area contributed by atoms with E-state index < -0.39 is 5.54 Å². The Morgan fingerprint density at radius 3 is 2.63 bits per heavy atom. The van der Waals surface area contributed by atoms with Gasteiger partial charge in [0.2, 0.25) is 0 Å². The van der Waals surface area contributed by atoms with Crippen LogP contribution in [0.2, 0.25) is 0 Å². The van der Waals surface area contributed by atoms with Gasteiger partial charge in [0, 0.05) is 6.54 Å². The Balaban J connectivity index is 2.62. The molecular weight excluding hydrogens is 240 g/mol. The first-order valence-electron chi connectivity index (χ1n) is 7.41. The minimum atomic E-state index is -0.607. The summed E-state index contributed by atoms with van der Waals surface area (Å²) in [7, 11) is 1.83. The molecule has 1 atom stereocenters. The summed E-state index contributed by atoms with van der Waals surface area (Å²) in [4.78, 5) is 14.5. The molecule has 0 aromatic carbocycles. The van der Waals surface area contributed by atoms with E-state index in [4.69, 9.17) is 4.74 Å². The Bertz CT molecular complexity index is 305. The van der Waals surface area contributed by atoms with E-state index in [1.165, 1.54) is 19.3 Å². The van der Waals surface area contributed by atoms with Crippen molar-refractivity contribution >= 4 is 5.97 Å². The van der Waals surface area contributed by atoms with Crippen molar-refractivity contribution in [2.75, 3.05) is 33.3 Å². The minimum absolute atomic E-state index is 0.152. The van der Waals surface area contributed by atoms with E-state index in [1.807, 2.05) is 20.9 Å². The molecule has 1 fully saturated rings. The maximum atomic E-state index is 12.1. The van der Waals surface area contributed by atoms with E-state index in [0.29, 0.717) is 12.0 Å². The fraction of sp³-hybridized carbons (Fsp3) is 0.933. The molecule has 1 aliphatic heterocycles. The van der Waals surface area contributed by atoms with Crippen molar-refractivity contribution in [1.82, 2.24) is 10.2 Å². The average molecular weight is 270 g/mol. The molecule has 0 amide bonds. The van der Waals surface area contributed by atoms with Gasteiger partial charge in [-0.25, -0.2) is 0 Å². The van der Waals surface area contributed by atoms with Crippen molar-refractivity contribution in [2.24, 2.45) is 5.41 Å². The molecule has 0 aromatic heterocycles. The molecule has 1 rings (SSSR count). The Morgan fingerprint density at radius 1 is 1.37 bits per heavy atom. The molecule has 1 heterocycles. The monoisotopic (exact) mass is 270 g/mol. The SMILES string of the molecule is CCOC(=O)C(C)(CN1CCCC(C)(C)CC1)NC. The highest BCUT2D eigenvalue weighted by Crippen LogP contribution is 2.30. The largest absolute Gasteiger partial charge is 0.465 e. The van der Waals surface area contributed by atoms with Crippen LogP contribution in [0.4, 0.5) is 0 Å². The average Bonchev–Trinajstić information content (AvgIpc) is 2.51. The van der Waals surface area contributed by atoms with Gasteiger partial charge in [0.1, 0.15) is 5.54 Å². The zero-order chi connectivity index (χ0) is 14.5. The summed E-state index contributed by atoms with van der Waals surface area (Å²) in [5.41, 5.74) is -0.181. The van der Waals surface area contributed by atoms with Crippen LogP contribution in [-0.4, -0.2) is 49.7 Å². The zero-order valence-electron chi connectivity index (χ0n) is 13.2. The Labute approximate surface area is 117 Å². The third-order valence-corrected chi connectivity index (χ3v) is 4.25. The second-order valence-corrected chi connectivity index (χ2v) is 6.60.